The van der Waals surface area contributed by atoms with Crippen LogP contribution in [0.4, 0.5) is 0 Å². The molecular formula is C16H23NO3. The summed E-state index contributed by atoms with van der Waals surface area (Å²) >= 11 is 0. The van der Waals surface area contributed by atoms with Gasteiger partial charge in [0.1, 0.15) is 6.04 Å². The maximum Gasteiger partial charge on any atom is 0.327 e. The van der Waals surface area contributed by atoms with Crippen molar-refractivity contribution in [3.05, 3.63) is 35.4 Å². The number of rotatable bonds is 6. The van der Waals surface area contributed by atoms with E-state index in [0.717, 1.165) is 24.0 Å². The second kappa shape index (κ2) is 7.41. The fourth-order valence-electron chi connectivity index (χ4n) is 2.83. The highest BCUT2D eigenvalue weighted by atomic mass is 16.5. The van der Waals surface area contributed by atoms with Gasteiger partial charge in [0.2, 0.25) is 0 Å². The van der Waals surface area contributed by atoms with Crippen LogP contribution < -0.4 is 5.32 Å². The first-order valence-electron chi connectivity index (χ1n) is 7.17. The summed E-state index contributed by atoms with van der Waals surface area (Å²) in [5.74, 6) is -0.236. The van der Waals surface area contributed by atoms with E-state index in [0.29, 0.717) is 12.6 Å². The average molecular weight is 277 g/mol. The minimum absolute atomic E-state index is 0.236. The number of esters is 1. The van der Waals surface area contributed by atoms with Gasteiger partial charge in [-0.2, -0.15) is 0 Å². The number of nitrogens with one attached hydrogen (secondary N) is 1. The molecule has 1 N–H and O–H groups in total. The third-order valence-corrected chi connectivity index (χ3v) is 3.86. The van der Waals surface area contributed by atoms with Crippen LogP contribution in [0.25, 0.3) is 0 Å². The second-order valence-corrected chi connectivity index (χ2v) is 5.24. The molecule has 110 valence electrons. The number of hydrogen-bond donors (Lipinski definition) is 1. The van der Waals surface area contributed by atoms with Gasteiger partial charge >= 0.3 is 5.97 Å². The molecule has 0 bridgehead atoms. The van der Waals surface area contributed by atoms with Gasteiger partial charge in [-0.05, 0) is 24.0 Å². The maximum atomic E-state index is 12.1. The molecule has 1 aromatic carbocycles. The van der Waals surface area contributed by atoms with E-state index in [-0.39, 0.29) is 5.97 Å². The fourth-order valence-corrected chi connectivity index (χ4v) is 2.83. The van der Waals surface area contributed by atoms with Crippen LogP contribution in [0.5, 0.6) is 0 Å². The molecule has 0 aliphatic heterocycles. The van der Waals surface area contributed by atoms with Crippen LogP contribution >= 0.6 is 0 Å². The molecule has 20 heavy (non-hydrogen) atoms. The molecule has 1 atom stereocenters. The van der Waals surface area contributed by atoms with E-state index in [1.807, 2.05) is 24.3 Å². The molecule has 0 radical (unpaired) electrons. The maximum absolute atomic E-state index is 12.1. The van der Waals surface area contributed by atoms with E-state index in [9.17, 15) is 4.79 Å². The summed E-state index contributed by atoms with van der Waals surface area (Å²) in [5.41, 5.74) is 1.98. The summed E-state index contributed by atoms with van der Waals surface area (Å²) in [6, 6.07) is 7.86. The van der Waals surface area contributed by atoms with Crippen molar-refractivity contribution in [1.29, 1.82) is 0 Å². The van der Waals surface area contributed by atoms with Gasteiger partial charge < -0.3 is 9.47 Å². The molecule has 1 aliphatic rings. The van der Waals surface area contributed by atoms with Crippen molar-refractivity contribution >= 4 is 5.97 Å². The summed E-state index contributed by atoms with van der Waals surface area (Å²) in [7, 11) is 3.10. The van der Waals surface area contributed by atoms with Crippen molar-refractivity contribution in [2.24, 2.45) is 0 Å². The lowest BCUT2D eigenvalue weighted by Crippen LogP contribution is -2.36. The van der Waals surface area contributed by atoms with E-state index < -0.39 is 6.04 Å². The third kappa shape index (κ3) is 3.58. The molecule has 1 saturated carbocycles. The largest absolute Gasteiger partial charge is 0.468 e. The van der Waals surface area contributed by atoms with Crippen molar-refractivity contribution in [3.63, 3.8) is 0 Å². The highest BCUT2D eigenvalue weighted by molar-refractivity contribution is 5.78. The Morgan fingerprint density at radius 2 is 2.00 bits per heavy atom. The third-order valence-electron chi connectivity index (χ3n) is 3.86. The van der Waals surface area contributed by atoms with Crippen LogP contribution in [-0.2, 0) is 20.9 Å². The summed E-state index contributed by atoms with van der Waals surface area (Å²) in [4.78, 5) is 12.1. The Morgan fingerprint density at radius 1 is 1.30 bits per heavy atom. The quantitative estimate of drug-likeness (QED) is 0.812. The molecule has 1 fully saturated rings. The highest BCUT2D eigenvalue weighted by Crippen LogP contribution is 2.25. The van der Waals surface area contributed by atoms with Crippen molar-refractivity contribution in [2.45, 2.75) is 44.4 Å². The van der Waals surface area contributed by atoms with Gasteiger partial charge in [0.25, 0.3) is 0 Å². The molecule has 0 saturated heterocycles. The Hall–Kier alpha value is -1.39. The van der Waals surface area contributed by atoms with Gasteiger partial charge in [-0.15, -0.1) is 0 Å². The Bertz CT molecular complexity index is 441. The van der Waals surface area contributed by atoms with Gasteiger partial charge in [0.05, 0.1) is 13.7 Å². The first-order valence-corrected chi connectivity index (χ1v) is 7.17. The van der Waals surface area contributed by atoms with Crippen molar-refractivity contribution in [3.8, 4) is 0 Å². The van der Waals surface area contributed by atoms with E-state index in [4.69, 9.17) is 9.47 Å². The number of benzene rings is 1. The molecule has 2 rings (SSSR count). The molecule has 4 heteroatoms. The average Bonchev–Trinajstić information content (AvgIpc) is 2.98. The lowest BCUT2D eigenvalue weighted by molar-refractivity contribution is -0.143. The van der Waals surface area contributed by atoms with Gasteiger partial charge in [0, 0.05) is 13.2 Å². The van der Waals surface area contributed by atoms with Crippen LogP contribution in [0, 0.1) is 0 Å². The fraction of sp³-hybridized carbons (Fsp3) is 0.562. The normalized spacial score (nSPS) is 17.1. The molecule has 1 aliphatic carbocycles. The van der Waals surface area contributed by atoms with Crippen LogP contribution in [0.1, 0.15) is 42.9 Å². The molecule has 0 amide bonds. The summed E-state index contributed by atoms with van der Waals surface area (Å²) in [5, 5.41) is 3.45. The van der Waals surface area contributed by atoms with Crippen LogP contribution in [0.2, 0.25) is 0 Å². The van der Waals surface area contributed by atoms with E-state index in [1.165, 1.54) is 20.0 Å². The predicted molar refractivity (Wildman–Crippen MR) is 77.3 cm³/mol. The minimum atomic E-state index is -0.408. The van der Waals surface area contributed by atoms with Crippen LogP contribution in [-0.4, -0.2) is 26.2 Å². The monoisotopic (exact) mass is 277 g/mol. The Morgan fingerprint density at radius 3 is 2.65 bits per heavy atom. The molecule has 0 spiro atoms. The van der Waals surface area contributed by atoms with E-state index >= 15 is 0 Å². The predicted octanol–water partition coefficient (Wildman–Crippen LogP) is 2.58. The number of ether oxygens (including phenoxy) is 2. The van der Waals surface area contributed by atoms with E-state index in [2.05, 4.69) is 5.32 Å². The molecule has 1 aromatic rings. The van der Waals surface area contributed by atoms with Gasteiger partial charge in [-0.25, -0.2) is 4.79 Å². The van der Waals surface area contributed by atoms with Crippen molar-refractivity contribution in [2.75, 3.05) is 14.2 Å². The van der Waals surface area contributed by atoms with Crippen LogP contribution in [0.3, 0.4) is 0 Å². The summed E-state index contributed by atoms with van der Waals surface area (Å²) < 4.78 is 10.2. The smallest absolute Gasteiger partial charge is 0.327 e. The summed E-state index contributed by atoms with van der Waals surface area (Å²) in [6.45, 7) is 0.496. The van der Waals surface area contributed by atoms with Crippen molar-refractivity contribution in [1.82, 2.24) is 5.32 Å². The Labute approximate surface area is 120 Å². The van der Waals surface area contributed by atoms with Gasteiger partial charge in [-0.3, -0.25) is 5.32 Å². The first-order chi connectivity index (χ1) is 9.76. The molecule has 4 nitrogen and oxygen atoms in total. The van der Waals surface area contributed by atoms with Gasteiger partial charge in [0.15, 0.2) is 0 Å². The minimum Gasteiger partial charge on any atom is -0.468 e. The Kier molecular flexibility index (Phi) is 5.56. The first kappa shape index (κ1) is 15.0. The molecule has 0 heterocycles. The second-order valence-electron chi connectivity index (χ2n) is 5.24. The number of methoxy groups -OCH3 is 2. The van der Waals surface area contributed by atoms with E-state index in [1.54, 1.807) is 7.11 Å². The lowest BCUT2D eigenvalue weighted by Gasteiger charge is -2.23. The SMILES string of the molecule is COCc1ccccc1C(NC1CCCC1)C(=O)OC. The summed E-state index contributed by atoms with van der Waals surface area (Å²) in [6.07, 6.45) is 4.70. The molecular weight excluding hydrogens is 254 g/mol. The molecule has 1 unspecified atom stereocenters. The lowest BCUT2D eigenvalue weighted by atomic mass is 9.99. The number of carbonyl (C=O) groups is 1. The van der Waals surface area contributed by atoms with Crippen LogP contribution in [0.15, 0.2) is 24.3 Å². The Balaban J connectivity index is 2.23. The zero-order valence-electron chi connectivity index (χ0n) is 12.2. The zero-order valence-corrected chi connectivity index (χ0v) is 12.2. The zero-order chi connectivity index (χ0) is 14.4. The standard InChI is InChI=1S/C16H23NO3/c1-19-11-12-7-3-6-10-14(12)15(16(18)20-2)17-13-8-4-5-9-13/h3,6-7,10,13,15,17H,4-5,8-9,11H2,1-2H3. The molecule has 0 aromatic heterocycles. The topological polar surface area (TPSA) is 47.6 Å². The number of hydrogen-bond acceptors (Lipinski definition) is 4. The highest BCUT2D eigenvalue weighted by Gasteiger charge is 2.27. The van der Waals surface area contributed by atoms with Gasteiger partial charge in [-0.1, -0.05) is 37.1 Å². The van der Waals surface area contributed by atoms with Crippen molar-refractivity contribution < 1.29 is 14.3 Å². The number of carbonyl (C=O) groups excluding carboxylic acids is 1.